The Labute approximate surface area is 97.9 Å². The molecule has 0 saturated carbocycles. The van der Waals surface area contributed by atoms with Gasteiger partial charge in [-0.2, -0.15) is 0 Å². The molecular formula is C11H14BrNO2. The first-order valence-electron chi connectivity index (χ1n) is 4.67. The smallest absolute Gasteiger partial charge is 0.246 e. The Hall–Kier alpha value is -0.870. The average Bonchev–Trinajstić information content (AvgIpc) is 2.18. The molecule has 1 N–H and O–H groups in total. The molecule has 0 aliphatic carbocycles. The third-order valence-corrected chi connectivity index (χ3v) is 2.55. The number of carbonyl (C=O) groups excluding carboxylic acids is 1. The van der Waals surface area contributed by atoms with Crippen molar-refractivity contribution in [3.05, 3.63) is 34.3 Å². The fraction of sp³-hybridized carbons (Fsp3) is 0.364. The zero-order chi connectivity index (χ0) is 11.3. The molecule has 1 atom stereocenters. The fourth-order valence-corrected chi connectivity index (χ4v) is 1.51. The van der Waals surface area contributed by atoms with Crippen LogP contribution in [0.2, 0.25) is 0 Å². The maximum absolute atomic E-state index is 11.2. The standard InChI is InChI=1S/C11H14BrNO2/c1-8(13-11(14)7-15-2)9-3-5-10(12)6-4-9/h3-6,8H,7H2,1-2H3,(H,13,14)/t8-/m0/s1. The molecule has 0 fully saturated rings. The zero-order valence-corrected chi connectivity index (χ0v) is 10.4. The molecule has 0 heterocycles. The topological polar surface area (TPSA) is 38.3 Å². The Balaban J connectivity index is 2.57. The number of ether oxygens (including phenoxy) is 1. The quantitative estimate of drug-likeness (QED) is 0.913. The number of benzene rings is 1. The van der Waals surface area contributed by atoms with Crippen LogP contribution in [0.1, 0.15) is 18.5 Å². The van der Waals surface area contributed by atoms with Gasteiger partial charge >= 0.3 is 0 Å². The Morgan fingerprint density at radius 3 is 2.60 bits per heavy atom. The monoisotopic (exact) mass is 271 g/mol. The highest BCUT2D eigenvalue weighted by molar-refractivity contribution is 9.10. The van der Waals surface area contributed by atoms with Crippen molar-refractivity contribution in [1.29, 1.82) is 0 Å². The molecule has 1 rings (SSSR count). The third-order valence-electron chi connectivity index (χ3n) is 2.02. The van der Waals surface area contributed by atoms with Gasteiger partial charge in [0.1, 0.15) is 6.61 Å². The van der Waals surface area contributed by atoms with E-state index < -0.39 is 0 Å². The molecule has 1 amide bonds. The second-order valence-electron chi connectivity index (χ2n) is 3.27. The second-order valence-corrected chi connectivity index (χ2v) is 4.19. The van der Waals surface area contributed by atoms with Crippen LogP contribution in [0, 0.1) is 0 Å². The van der Waals surface area contributed by atoms with Gasteiger partial charge in [0.15, 0.2) is 0 Å². The molecule has 0 saturated heterocycles. The summed E-state index contributed by atoms with van der Waals surface area (Å²) in [7, 11) is 1.50. The predicted molar refractivity (Wildman–Crippen MR) is 62.6 cm³/mol. The highest BCUT2D eigenvalue weighted by Gasteiger charge is 2.08. The summed E-state index contributed by atoms with van der Waals surface area (Å²) < 4.78 is 5.77. The molecular weight excluding hydrogens is 258 g/mol. The number of hydrogen-bond acceptors (Lipinski definition) is 2. The molecule has 0 aromatic heterocycles. The lowest BCUT2D eigenvalue weighted by molar-refractivity contribution is -0.125. The number of halogens is 1. The second kappa shape index (κ2) is 5.88. The van der Waals surface area contributed by atoms with Gasteiger partial charge in [-0.1, -0.05) is 28.1 Å². The highest BCUT2D eigenvalue weighted by Crippen LogP contribution is 2.16. The van der Waals surface area contributed by atoms with Crippen LogP contribution in [0.15, 0.2) is 28.7 Å². The van der Waals surface area contributed by atoms with Crippen molar-refractivity contribution in [1.82, 2.24) is 5.32 Å². The van der Waals surface area contributed by atoms with E-state index in [2.05, 4.69) is 21.2 Å². The molecule has 3 nitrogen and oxygen atoms in total. The Morgan fingerprint density at radius 1 is 1.47 bits per heavy atom. The van der Waals surface area contributed by atoms with Crippen molar-refractivity contribution < 1.29 is 9.53 Å². The van der Waals surface area contributed by atoms with Gasteiger partial charge in [0, 0.05) is 11.6 Å². The minimum atomic E-state index is -0.104. The molecule has 1 aromatic carbocycles. The largest absolute Gasteiger partial charge is 0.375 e. The van der Waals surface area contributed by atoms with Gasteiger partial charge in [-0.05, 0) is 24.6 Å². The van der Waals surface area contributed by atoms with Gasteiger partial charge in [0.25, 0.3) is 0 Å². The maximum Gasteiger partial charge on any atom is 0.246 e. The van der Waals surface area contributed by atoms with E-state index in [9.17, 15) is 4.79 Å². The Morgan fingerprint density at radius 2 is 2.07 bits per heavy atom. The minimum Gasteiger partial charge on any atom is -0.375 e. The van der Waals surface area contributed by atoms with Crippen molar-refractivity contribution in [3.8, 4) is 0 Å². The molecule has 0 spiro atoms. The van der Waals surface area contributed by atoms with E-state index in [1.165, 1.54) is 7.11 Å². The number of rotatable bonds is 4. The predicted octanol–water partition coefficient (Wildman–Crippen LogP) is 2.27. The van der Waals surface area contributed by atoms with Crippen molar-refractivity contribution in [3.63, 3.8) is 0 Å². The van der Waals surface area contributed by atoms with Crippen LogP contribution in [-0.2, 0) is 9.53 Å². The third kappa shape index (κ3) is 4.01. The molecule has 82 valence electrons. The van der Waals surface area contributed by atoms with Gasteiger partial charge in [-0.25, -0.2) is 0 Å². The summed E-state index contributed by atoms with van der Waals surface area (Å²) in [6.45, 7) is 2.04. The lowest BCUT2D eigenvalue weighted by Crippen LogP contribution is -2.29. The summed E-state index contributed by atoms with van der Waals surface area (Å²) in [5.41, 5.74) is 1.07. The normalized spacial score (nSPS) is 12.2. The molecule has 0 aliphatic heterocycles. The summed E-state index contributed by atoms with van der Waals surface area (Å²) in [4.78, 5) is 11.2. The number of nitrogens with one attached hydrogen (secondary N) is 1. The van der Waals surface area contributed by atoms with E-state index in [1.54, 1.807) is 0 Å². The summed E-state index contributed by atoms with van der Waals surface area (Å²) in [5, 5.41) is 2.84. The van der Waals surface area contributed by atoms with E-state index in [0.29, 0.717) is 0 Å². The van der Waals surface area contributed by atoms with Gasteiger partial charge < -0.3 is 10.1 Å². The SMILES string of the molecule is COCC(=O)N[C@@H](C)c1ccc(Br)cc1. The molecule has 0 unspecified atom stereocenters. The first-order chi connectivity index (χ1) is 7.13. The highest BCUT2D eigenvalue weighted by atomic mass is 79.9. The Bertz CT molecular complexity index is 324. The van der Waals surface area contributed by atoms with Crippen LogP contribution >= 0.6 is 15.9 Å². The van der Waals surface area contributed by atoms with Crippen molar-refractivity contribution in [2.24, 2.45) is 0 Å². The van der Waals surface area contributed by atoms with Gasteiger partial charge in [0.05, 0.1) is 6.04 Å². The van der Waals surface area contributed by atoms with Crippen molar-refractivity contribution in [2.45, 2.75) is 13.0 Å². The molecule has 0 radical (unpaired) electrons. The number of carbonyl (C=O) groups is 1. The maximum atomic E-state index is 11.2. The van der Waals surface area contributed by atoms with Crippen LogP contribution in [0.5, 0.6) is 0 Å². The van der Waals surface area contributed by atoms with Crippen molar-refractivity contribution in [2.75, 3.05) is 13.7 Å². The molecule has 0 aliphatic rings. The van der Waals surface area contributed by atoms with Gasteiger partial charge in [0.2, 0.25) is 5.91 Å². The summed E-state index contributed by atoms with van der Waals surface area (Å²) in [6.07, 6.45) is 0. The van der Waals surface area contributed by atoms with E-state index in [0.717, 1.165) is 10.0 Å². The van der Waals surface area contributed by atoms with Crippen LogP contribution in [0.4, 0.5) is 0 Å². The lowest BCUT2D eigenvalue weighted by atomic mass is 10.1. The first kappa shape index (κ1) is 12.2. The molecule has 15 heavy (non-hydrogen) atoms. The summed E-state index contributed by atoms with van der Waals surface area (Å²) >= 11 is 3.36. The van der Waals surface area contributed by atoms with E-state index >= 15 is 0 Å². The van der Waals surface area contributed by atoms with E-state index in [-0.39, 0.29) is 18.6 Å². The average molecular weight is 272 g/mol. The van der Waals surface area contributed by atoms with Crippen LogP contribution < -0.4 is 5.32 Å². The lowest BCUT2D eigenvalue weighted by Gasteiger charge is -2.13. The molecule has 4 heteroatoms. The first-order valence-corrected chi connectivity index (χ1v) is 5.46. The minimum absolute atomic E-state index is 0.000694. The Kier molecular flexibility index (Phi) is 4.78. The summed E-state index contributed by atoms with van der Waals surface area (Å²) in [5.74, 6) is -0.104. The van der Waals surface area contributed by atoms with Gasteiger partial charge in [-0.15, -0.1) is 0 Å². The number of methoxy groups -OCH3 is 1. The number of amides is 1. The van der Waals surface area contributed by atoms with Crippen LogP contribution in [0.25, 0.3) is 0 Å². The van der Waals surface area contributed by atoms with Crippen LogP contribution in [0.3, 0.4) is 0 Å². The van der Waals surface area contributed by atoms with E-state index in [1.807, 2.05) is 31.2 Å². The van der Waals surface area contributed by atoms with Crippen molar-refractivity contribution >= 4 is 21.8 Å². The molecule has 0 bridgehead atoms. The number of hydrogen-bond donors (Lipinski definition) is 1. The summed E-state index contributed by atoms with van der Waals surface area (Å²) in [6, 6.07) is 7.85. The van der Waals surface area contributed by atoms with Crippen LogP contribution in [-0.4, -0.2) is 19.6 Å². The zero-order valence-electron chi connectivity index (χ0n) is 8.79. The molecule has 1 aromatic rings. The fourth-order valence-electron chi connectivity index (χ4n) is 1.25. The van der Waals surface area contributed by atoms with E-state index in [4.69, 9.17) is 4.74 Å². The van der Waals surface area contributed by atoms with Gasteiger partial charge in [-0.3, -0.25) is 4.79 Å².